The van der Waals surface area contributed by atoms with E-state index in [0.717, 1.165) is 17.4 Å². The molecule has 0 radical (unpaired) electrons. The van der Waals surface area contributed by atoms with Crippen LogP contribution >= 0.6 is 11.3 Å². The predicted octanol–water partition coefficient (Wildman–Crippen LogP) is 1.40. The van der Waals surface area contributed by atoms with Gasteiger partial charge in [-0.3, -0.25) is 0 Å². The number of carboxylic acids is 1. The van der Waals surface area contributed by atoms with E-state index in [-0.39, 0.29) is 28.3 Å². The van der Waals surface area contributed by atoms with E-state index in [9.17, 15) is 13.2 Å². The van der Waals surface area contributed by atoms with Crippen molar-refractivity contribution in [2.24, 2.45) is 5.92 Å². The minimum Gasteiger partial charge on any atom is -0.478 e. The number of thiophene rings is 1. The van der Waals surface area contributed by atoms with Gasteiger partial charge in [-0.1, -0.05) is 13.8 Å². The Labute approximate surface area is 116 Å². The highest BCUT2D eigenvalue weighted by molar-refractivity contribution is 7.91. The van der Waals surface area contributed by atoms with E-state index in [1.807, 2.05) is 13.8 Å². The Hall–Kier alpha value is -0.960. The lowest BCUT2D eigenvalue weighted by molar-refractivity contribution is 0.0697. The van der Waals surface area contributed by atoms with Gasteiger partial charge in [0.05, 0.1) is 12.2 Å². The first-order valence-corrected chi connectivity index (χ1v) is 7.97. The molecule has 19 heavy (non-hydrogen) atoms. The topological polar surface area (TPSA) is 92.7 Å². The van der Waals surface area contributed by atoms with Crippen LogP contribution in [0.1, 0.15) is 24.2 Å². The summed E-state index contributed by atoms with van der Waals surface area (Å²) < 4.78 is 31.7. The molecule has 1 heterocycles. The molecule has 1 unspecified atom stereocenters. The number of carboxylic acid groups (broad SMARTS) is 1. The maximum atomic E-state index is 12.1. The van der Waals surface area contributed by atoms with Crippen molar-refractivity contribution in [1.82, 2.24) is 4.72 Å². The van der Waals surface area contributed by atoms with E-state index in [0.29, 0.717) is 0 Å². The number of nitrogens with one attached hydrogen (secondary N) is 1. The quantitative estimate of drug-likeness (QED) is 0.794. The normalized spacial score (nSPS) is 13.7. The van der Waals surface area contributed by atoms with Crippen molar-refractivity contribution in [1.29, 1.82) is 0 Å². The summed E-state index contributed by atoms with van der Waals surface area (Å²) in [5.41, 5.74) is -0.0294. The standard InChI is InChI=1S/C11H17NO5S2/c1-7(2)9(5-17-3)12-19(15,16)10-4-8(6-18-10)11(13)14/h4,6-7,9,12H,5H2,1-3H3,(H,13,14). The molecular weight excluding hydrogens is 290 g/mol. The molecule has 0 aliphatic heterocycles. The van der Waals surface area contributed by atoms with Crippen molar-refractivity contribution in [3.05, 3.63) is 17.0 Å². The minimum atomic E-state index is -3.71. The van der Waals surface area contributed by atoms with E-state index >= 15 is 0 Å². The number of hydrogen-bond donors (Lipinski definition) is 2. The van der Waals surface area contributed by atoms with Gasteiger partial charge in [-0.15, -0.1) is 11.3 Å². The molecule has 0 aliphatic rings. The summed E-state index contributed by atoms with van der Waals surface area (Å²) in [6.07, 6.45) is 0. The molecule has 0 saturated carbocycles. The fourth-order valence-electron chi connectivity index (χ4n) is 1.37. The molecule has 1 rings (SSSR count). The van der Waals surface area contributed by atoms with Gasteiger partial charge in [0.15, 0.2) is 0 Å². The van der Waals surface area contributed by atoms with Gasteiger partial charge in [0.25, 0.3) is 0 Å². The Morgan fingerprint density at radius 3 is 2.58 bits per heavy atom. The summed E-state index contributed by atoms with van der Waals surface area (Å²) in [7, 11) is -2.22. The maximum Gasteiger partial charge on any atom is 0.336 e. The fraction of sp³-hybridized carbons (Fsp3) is 0.545. The van der Waals surface area contributed by atoms with E-state index < -0.39 is 16.0 Å². The molecule has 108 valence electrons. The lowest BCUT2D eigenvalue weighted by Gasteiger charge is -2.20. The fourth-order valence-corrected chi connectivity index (χ4v) is 3.91. The molecule has 8 heteroatoms. The highest BCUT2D eigenvalue weighted by Gasteiger charge is 2.24. The van der Waals surface area contributed by atoms with Crippen LogP contribution in [-0.2, 0) is 14.8 Å². The Kier molecular flexibility index (Phi) is 5.48. The summed E-state index contributed by atoms with van der Waals surface area (Å²) in [6, 6.07) is 0.796. The second kappa shape index (κ2) is 6.47. The van der Waals surface area contributed by atoms with Crippen LogP contribution in [0.15, 0.2) is 15.7 Å². The monoisotopic (exact) mass is 307 g/mol. The highest BCUT2D eigenvalue weighted by Crippen LogP contribution is 2.21. The Morgan fingerprint density at radius 1 is 1.53 bits per heavy atom. The second-order valence-corrected chi connectivity index (χ2v) is 7.24. The number of carbonyl (C=O) groups is 1. The summed E-state index contributed by atoms with van der Waals surface area (Å²) in [6.45, 7) is 4.01. The number of aromatic carboxylic acids is 1. The summed E-state index contributed by atoms with van der Waals surface area (Å²) in [4.78, 5) is 10.7. The van der Waals surface area contributed by atoms with Gasteiger partial charge >= 0.3 is 5.97 Å². The van der Waals surface area contributed by atoms with Gasteiger partial charge in [0, 0.05) is 18.5 Å². The zero-order valence-electron chi connectivity index (χ0n) is 10.9. The molecule has 0 fully saturated rings. The van der Waals surface area contributed by atoms with Crippen molar-refractivity contribution in [3.63, 3.8) is 0 Å². The summed E-state index contributed by atoms with van der Waals surface area (Å²) >= 11 is 0.884. The zero-order chi connectivity index (χ0) is 14.6. The number of methoxy groups -OCH3 is 1. The number of ether oxygens (including phenoxy) is 1. The van der Waals surface area contributed by atoms with Crippen LogP contribution in [-0.4, -0.2) is 39.3 Å². The average Bonchev–Trinajstić information content (AvgIpc) is 2.78. The number of sulfonamides is 1. The Morgan fingerprint density at radius 2 is 2.16 bits per heavy atom. The molecule has 6 nitrogen and oxygen atoms in total. The Balaban J connectivity index is 2.93. The van der Waals surface area contributed by atoms with Gasteiger partial charge in [-0.2, -0.15) is 0 Å². The number of rotatable bonds is 7. The van der Waals surface area contributed by atoms with E-state index in [4.69, 9.17) is 9.84 Å². The van der Waals surface area contributed by atoms with Gasteiger partial charge in [0.1, 0.15) is 4.21 Å². The van der Waals surface area contributed by atoms with Crippen molar-refractivity contribution in [2.45, 2.75) is 24.1 Å². The van der Waals surface area contributed by atoms with Crippen molar-refractivity contribution in [3.8, 4) is 0 Å². The van der Waals surface area contributed by atoms with Crippen molar-refractivity contribution >= 4 is 27.3 Å². The molecule has 0 aliphatic carbocycles. The minimum absolute atomic E-state index is 0.00773. The van der Waals surface area contributed by atoms with Gasteiger partial charge in [0.2, 0.25) is 10.0 Å². The lowest BCUT2D eigenvalue weighted by atomic mass is 10.1. The molecule has 0 spiro atoms. The first-order chi connectivity index (χ1) is 8.77. The summed E-state index contributed by atoms with van der Waals surface area (Å²) in [5.74, 6) is -1.08. The van der Waals surface area contributed by atoms with Crippen molar-refractivity contribution in [2.75, 3.05) is 13.7 Å². The van der Waals surface area contributed by atoms with Gasteiger partial charge in [-0.25, -0.2) is 17.9 Å². The van der Waals surface area contributed by atoms with Crippen LogP contribution in [0.25, 0.3) is 0 Å². The van der Waals surface area contributed by atoms with Crippen LogP contribution in [0.3, 0.4) is 0 Å². The van der Waals surface area contributed by atoms with Gasteiger partial charge in [-0.05, 0) is 12.0 Å². The largest absolute Gasteiger partial charge is 0.478 e. The molecule has 0 saturated heterocycles. The third-order valence-corrected chi connectivity index (χ3v) is 5.47. The van der Waals surface area contributed by atoms with Crippen LogP contribution in [0.5, 0.6) is 0 Å². The molecule has 0 bridgehead atoms. The van der Waals surface area contributed by atoms with Crippen LogP contribution in [0.4, 0.5) is 0 Å². The SMILES string of the molecule is COCC(NS(=O)(=O)c1cc(C(=O)O)cs1)C(C)C. The third kappa shape index (κ3) is 4.27. The maximum absolute atomic E-state index is 12.1. The van der Waals surface area contributed by atoms with E-state index in [1.54, 1.807) is 0 Å². The number of hydrogen-bond acceptors (Lipinski definition) is 5. The predicted molar refractivity (Wildman–Crippen MR) is 72.1 cm³/mol. The molecule has 0 amide bonds. The molecule has 1 atom stereocenters. The first kappa shape index (κ1) is 16.1. The summed E-state index contributed by atoms with van der Waals surface area (Å²) in [5, 5.41) is 10.1. The lowest BCUT2D eigenvalue weighted by Crippen LogP contribution is -2.41. The van der Waals surface area contributed by atoms with Gasteiger partial charge < -0.3 is 9.84 Å². The highest BCUT2D eigenvalue weighted by atomic mass is 32.2. The second-order valence-electron chi connectivity index (χ2n) is 4.39. The van der Waals surface area contributed by atoms with Crippen LogP contribution in [0, 0.1) is 5.92 Å². The first-order valence-electron chi connectivity index (χ1n) is 5.61. The average molecular weight is 307 g/mol. The smallest absolute Gasteiger partial charge is 0.336 e. The Bertz CT molecular complexity index is 535. The zero-order valence-corrected chi connectivity index (χ0v) is 12.5. The van der Waals surface area contributed by atoms with E-state index in [1.165, 1.54) is 12.5 Å². The molecular formula is C11H17NO5S2. The third-order valence-electron chi connectivity index (χ3n) is 2.54. The molecule has 1 aromatic heterocycles. The van der Waals surface area contributed by atoms with E-state index in [2.05, 4.69) is 4.72 Å². The van der Waals surface area contributed by atoms with Crippen LogP contribution in [0.2, 0.25) is 0 Å². The molecule has 2 N–H and O–H groups in total. The molecule has 0 aromatic carbocycles. The molecule has 1 aromatic rings. The van der Waals surface area contributed by atoms with Crippen LogP contribution < -0.4 is 4.72 Å². The van der Waals surface area contributed by atoms with Crippen molar-refractivity contribution < 1.29 is 23.1 Å².